The first kappa shape index (κ1) is 23.9. The van der Waals surface area contributed by atoms with Crippen LogP contribution in [0.5, 0.6) is 0 Å². The third kappa shape index (κ3) is 4.43. The van der Waals surface area contributed by atoms with E-state index < -0.39 is 11.8 Å². The smallest absolute Gasteiger partial charge is 0.270 e. The number of anilines is 1. The van der Waals surface area contributed by atoms with Crippen LogP contribution in [0.2, 0.25) is 0 Å². The van der Waals surface area contributed by atoms with Crippen molar-refractivity contribution >= 4 is 56.8 Å². The average molecular weight is 556 g/mol. The largest absolute Gasteiger partial charge is 0.318 e. The Hall–Kier alpha value is -3.81. The van der Waals surface area contributed by atoms with Crippen molar-refractivity contribution in [1.82, 2.24) is 9.88 Å². The number of rotatable bonds is 4. The van der Waals surface area contributed by atoms with Crippen LogP contribution in [0.15, 0.2) is 95.0 Å². The number of thiocarbonyl (C=S) groups is 1. The molecule has 0 bridgehead atoms. The molecule has 0 unspecified atom stereocenters. The molecule has 7 heteroatoms. The number of hydrogen-bond donors (Lipinski definition) is 1. The highest BCUT2D eigenvalue weighted by molar-refractivity contribution is 9.10. The zero-order valence-electron chi connectivity index (χ0n) is 19.7. The van der Waals surface area contributed by atoms with Gasteiger partial charge in [-0.15, -0.1) is 0 Å². The molecule has 0 atom stereocenters. The zero-order chi connectivity index (χ0) is 25.4. The molecule has 0 radical (unpaired) electrons. The van der Waals surface area contributed by atoms with Gasteiger partial charge in [-0.1, -0.05) is 64.5 Å². The van der Waals surface area contributed by atoms with Crippen molar-refractivity contribution in [3.8, 4) is 16.8 Å². The molecular formula is C29H22BrN3O2S. The summed E-state index contributed by atoms with van der Waals surface area (Å²) in [4.78, 5) is 27.5. The van der Waals surface area contributed by atoms with E-state index in [1.165, 1.54) is 4.90 Å². The normalized spacial score (nSPS) is 14.9. The Morgan fingerprint density at radius 1 is 0.833 bits per heavy atom. The van der Waals surface area contributed by atoms with Gasteiger partial charge in [0.2, 0.25) is 0 Å². The molecule has 5 rings (SSSR count). The van der Waals surface area contributed by atoms with E-state index in [4.69, 9.17) is 12.2 Å². The van der Waals surface area contributed by atoms with Crippen LogP contribution in [0.3, 0.4) is 0 Å². The number of nitrogens with zero attached hydrogens (tertiary/aromatic N) is 2. The summed E-state index contributed by atoms with van der Waals surface area (Å²) in [5.41, 5.74) is 6.62. The van der Waals surface area contributed by atoms with E-state index in [9.17, 15) is 9.59 Å². The summed E-state index contributed by atoms with van der Waals surface area (Å²) in [6.07, 6.45) is 1.64. The molecule has 5 nitrogen and oxygen atoms in total. The molecule has 3 aromatic carbocycles. The van der Waals surface area contributed by atoms with Gasteiger partial charge in [-0.2, -0.15) is 0 Å². The first-order valence-electron chi connectivity index (χ1n) is 11.4. The standard InChI is InChI=1S/C29H22BrN3O2S/c1-18-15-22(19(2)32(18)24-13-11-21(12-14-24)20-7-4-3-5-8-20)16-26-27(34)31-29(36)33(28(26)35)25-10-6-9-23(30)17-25/h3-17H,1-2H3,(H,31,34,36)/b26-16-. The molecule has 0 saturated carbocycles. The third-order valence-electron chi connectivity index (χ3n) is 6.17. The highest BCUT2D eigenvalue weighted by atomic mass is 79.9. The zero-order valence-corrected chi connectivity index (χ0v) is 22.1. The number of benzene rings is 3. The van der Waals surface area contributed by atoms with Gasteiger partial charge < -0.3 is 4.57 Å². The molecule has 0 spiro atoms. The van der Waals surface area contributed by atoms with Crippen LogP contribution in [-0.4, -0.2) is 21.5 Å². The lowest BCUT2D eigenvalue weighted by atomic mass is 10.1. The summed E-state index contributed by atoms with van der Waals surface area (Å²) in [6, 6.07) is 27.8. The Balaban J connectivity index is 1.50. The molecule has 4 aromatic rings. The first-order chi connectivity index (χ1) is 17.3. The van der Waals surface area contributed by atoms with Gasteiger partial charge in [-0.3, -0.25) is 19.8 Å². The second-order valence-corrected chi connectivity index (χ2v) is 9.81. The predicted octanol–water partition coefficient (Wildman–Crippen LogP) is 6.35. The third-order valence-corrected chi connectivity index (χ3v) is 6.95. The molecule has 1 N–H and O–H groups in total. The SMILES string of the molecule is Cc1cc(/C=C2/C(=O)NC(=S)N(c3cccc(Br)c3)C2=O)c(C)n1-c1ccc(-c2ccccc2)cc1. The van der Waals surface area contributed by atoms with Crippen LogP contribution in [0.1, 0.15) is 17.0 Å². The maximum atomic E-state index is 13.4. The van der Waals surface area contributed by atoms with Crippen LogP contribution < -0.4 is 10.2 Å². The van der Waals surface area contributed by atoms with Gasteiger partial charge in [0.25, 0.3) is 11.8 Å². The van der Waals surface area contributed by atoms with Crippen molar-refractivity contribution in [2.24, 2.45) is 0 Å². The number of nitrogens with one attached hydrogen (secondary N) is 1. The van der Waals surface area contributed by atoms with Crippen LogP contribution >= 0.6 is 28.1 Å². The van der Waals surface area contributed by atoms with Gasteiger partial charge in [0.05, 0.1) is 5.69 Å². The summed E-state index contributed by atoms with van der Waals surface area (Å²) < 4.78 is 2.92. The summed E-state index contributed by atoms with van der Waals surface area (Å²) in [6.45, 7) is 3.98. The van der Waals surface area contributed by atoms with Crippen LogP contribution in [0, 0.1) is 13.8 Å². The molecule has 1 aliphatic rings. The number of carbonyl (C=O) groups is 2. The van der Waals surface area contributed by atoms with Crippen LogP contribution in [0.4, 0.5) is 5.69 Å². The predicted molar refractivity (Wildman–Crippen MR) is 151 cm³/mol. The van der Waals surface area contributed by atoms with E-state index in [2.05, 4.69) is 62.2 Å². The molecular weight excluding hydrogens is 534 g/mol. The summed E-state index contributed by atoms with van der Waals surface area (Å²) in [5, 5.41) is 2.71. The Morgan fingerprint density at radius 2 is 1.53 bits per heavy atom. The van der Waals surface area contributed by atoms with Gasteiger partial charge in [0.1, 0.15) is 5.57 Å². The van der Waals surface area contributed by atoms with E-state index in [0.29, 0.717) is 5.69 Å². The number of hydrogen-bond acceptors (Lipinski definition) is 3. The van der Waals surface area contributed by atoms with Gasteiger partial charge in [0.15, 0.2) is 5.11 Å². The molecule has 0 aliphatic carbocycles. The van der Waals surface area contributed by atoms with Crippen molar-refractivity contribution in [2.75, 3.05) is 4.90 Å². The van der Waals surface area contributed by atoms with Crippen LogP contribution in [0.25, 0.3) is 22.9 Å². The quantitative estimate of drug-likeness (QED) is 0.181. The fourth-order valence-electron chi connectivity index (χ4n) is 4.43. The van der Waals surface area contributed by atoms with Gasteiger partial charge >= 0.3 is 0 Å². The number of halogens is 1. The lowest BCUT2D eigenvalue weighted by molar-refractivity contribution is -0.122. The molecule has 178 valence electrons. The monoisotopic (exact) mass is 555 g/mol. The highest BCUT2D eigenvalue weighted by Gasteiger charge is 2.34. The first-order valence-corrected chi connectivity index (χ1v) is 12.6. The summed E-state index contributed by atoms with van der Waals surface area (Å²) in [5.74, 6) is -0.966. The van der Waals surface area contributed by atoms with Crippen molar-refractivity contribution in [1.29, 1.82) is 0 Å². The van der Waals surface area contributed by atoms with E-state index in [1.807, 2.05) is 50.2 Å². The fraction of sp³-hybridized carbons (Fsp3) is 0.0690. The molecule has 1 aliphatic heterocycles. The van der Waals surface area contributed by atoms with Gasteiger partial charge in [-0.25, -0.2) is 0 Å². The number of aromatic nitrogens is 1. The van der Waals surface area contributed by atoms with E-state index in [1.54, 1.807) is 18.2 Å². The molecule has 1 fully saturated rings. The second-order valence-electron chi connectivity index (χ2n) is 8.51. The summed E-state index contributed by atoms with van der Waals surface area (Å²) >= 11 is 8.73. The maximum absolute atomic E-state index is 13.4. The topological polar surface area (TPSA) is 54.3 Å². The molecule has 2 heterocycles. The Kier molecular flexibility index (Phi) is 6.43. The van der Waals surface area contributed by atoms with E-state index >= 15 is 0 Å². The van der Waals surface area contributed by atoms with Crippen molar-refractivity contribution in [2.45, 2.75) is 13.8 Å². The minimum absolute atomic E-state index is 0.0308. The van der Waals surface area contributed by atoms with Crippen molar-refractivity contribution in [3.63, 3.8) is 0 Å². The minimum atomic E-state index is -0.506. The number of aryl methyl sites for hydroxylation is 1. The minimum Gasteiger partial charge on any atom is -0.318 e. The van der Waals surface area contributed by atoms with Gasteiger partial charge in [0, 0.05) is 21.5 Å². The Labute approximate surface area is 223 Å². The summed E-state index contributed by atoms with van der Waals surface area (Å²) in [7, 11) is 0. The molecule has 1 saturated heterocycles. The molecule has 2 amide bonds. The van der Waals surface area contributed by atoms with Crippen molar-refractivity contribution in [3.05, 3.63) is 112 Å². The number of amides is 2. The molecule has 36 heavy (non-hydrogen) atoms. The second kappa shape index (κ2) is 9.68. The number of carbonyl (C=O) groups excluding carboxylic acids is 2. The van der Waals surface area contributed by atoms with E-state index in [0.717, 1.165) is 38.2 Å². The Bertz CT molecular complexity index is 1540. The van der Waals surface area contributed by atoms with Gasteiger partial charge in [-0.05, 0) is 85.2 Å². The average Bonchev–Trinajstić information content (AvgIpc) is 3.15. The highest BCUT2D eigenvalue weighted by Crippen LogP contribution is 2.28. The van der Waals surface area contributed by atoms with E-state index in [-0.39, 0.29) is 10.7 Å². The fourth-order valence-corrected chi connectivity index (χ4v) is 5.10. The Morgan fingerprint density at radius 3 is 2.22 bits per heavy atom. The molecule has 1 aromatic heterocycles. The lowest BCUT2D eigenvalue weighted by Crippen LogP contribution is -2.54. The lowest BCUT2D eigenvalue weighted by Gasteiger charge is -2.29. The maximum Gasteiger partial charge on any atom is 0.270 e. The van der Waals surface area contributed by atoms with Crippen LogP contribution in [-0.2, 0) is 9.59 Å². The van der Waals surface area contributed by atoms with Crippen molar-refractivity contribution < 1.29 is 9.59 Å².